The van der Waals surface area contributed by atoms with Gasteiger partial charge in [0.05, 0.1) is 11.1 Å². The molecular formula is C21H24N2O5. The maximum Gasteiger partial charge on any atom is 0.326 e. The number of hydrogen-bond donors (Lipinski definition) is 1. The lowest BCUT2D eigenvalue weighted by Gasteiger charge is -2.29. The molecule has 1 aromatic carbocycles. The molecule has 7 heteroatoms. The van der Waals surface area contributed by atoms with E-state index in [-0.39, 0.29) is 35.0 Å². The number of carboxylic acid groups (broad SMARTS) is 1. The van der Waals surface area contributed by atoms with Gasteiger partial charge in [-0.2, -0.15) is 0 Å². The highest BCUT2D eigenvalue weighted by Crippen LogP contribution is 2.33. The van der Waals surface area contributed by atoms with Crippen LogP contribution in [0.1, 0.15) is 82.9 Å². The zero-order chi connectivity index (χ0) is 20.0. The average Bonchev–Trinajstić information content (AvgIpc) is 3.49. The zero-order valence-corrected chi connectivity index (χ0v) is 15.9. The van der Waals surface area contributed by atoms with Gasteiger partial charge in [0, 0.05) is 17.6 Å². The highest BCUT2D eigenvalue weighted by atomic mass is 16.4. The summed E-state index contributed by atoms with van der Waals surface area (Å²) in [5.74, 6) is -2.10. The Balaban J connectivity index is 1.62. The van der Waals surface area contributed by atoms with Crippen molar-refractivity contribution in [1.82, 2.24) is 9.80 Å². The summed E-state index contributed by atoms with van der Waals surface area (Å²) in [6.07, 6.45) is 6.33. The first kappa shape index (κ1) is 18.7. The first-order chi connectivity index (χ1) is 13.4. The number of hydrogen-bond acceptors (Lipinski definition) is 4. The smallest absolute Gasteiger partial charge is 0.326 e. The molecule has 1 N–H and O–H groups in total. The topological polar surface area (TPSA) is 95.0 Å². The number of imide groups is 1. The van der Waals surface area contributed by atoms with Crippen LogP contribution in [0.25, 0.3) is 0 Å². The standard InChI is InChI=1S/C21H24N2O5/c1-12(21(27)28)22(15-8-9-15)18(24)13-7-10-16-17(11-13)20(26)23(19(16)25)14-5-3-2-4-6-14/h7,10-12,14-15H,2-6,8-9H2,1H3,(H,27,28). The van der Waals surface area contributed by atoms with Crippen molar-refractivity contribution in [2.75, 3.05) is 0 Å². The van der Waals surface area contributed by atoms with Crippen molar-refractivity contribution in [3.63, 3.8) is 0 Å². The number of carbonyl (C=O) groups excluding carboxylic acids is 3. The molecule has 0 aromatic heterocycles. The summed E-state index contributed by atoms with van der Waals surface area (Å²) in [7, 11) is 0. The van der Waals surface area contributed by atoms with Crippen molar-refractivity contribution in [2.45, 2.75) is 70.0 Å². The number of benzene rings is 1. The van der Waals surface area contributed by atoms with Gasteiger partial charge in [-0.25, -0.2) is 4.79 Å². The molecule has 1 atom stereocenters. The molecule has 2 aliphatic carbocycles. The maximum atomic E-state index is 13.0. The number of carbonyl (C=O) groups is 4. The van der Waals surface area contributed by atoms with E-state index in [1.165, 1.54) is 34.9 Å². The Hall–Kier alpha value is -2.70. The van der Waals surface area contributed by atoms with Gasteiger partial charge in [0.15, 0.2) is 0 Å². The van der Waals surface area contributed by atoms with E-state index >= 15 is 0 Å². The summed E-state index contributed by atoms with van der Waals surface area (Å²) >= 11 is 0. The normalized spacial score (nSPS) is 20.8. The third kappa shape index (κ3) is 3.08. The first-order valence-corrected chi connectivity index (χ1v) is 9.97. The number of amides is 3. The summed E-state index contributed by atoms with van der Waals surface area (Å²) in [5, 5.41) is 9.34. The molecule has 3 aliphatic rings. The molecule has 1 unspecified atom stereocenters. The first-order valence-electron chi connectivity index (χ1n) is 9.97. The molecule has 1 aliphatic heterocycles. The molecule has 4 rings (SSSR count). The van der Waals surface area contributed by atoms with Crippen LogP contribution >= 0.6 is 0 Å². The predicted octanol–water partition coefficient (Wildman–Crippen LogP) is 2.69. The molecule has 28 heavy (non-hydrogen) atoms. The van der Waals surface area contributed by atoms with Gasteiger partial charge in [-0.15, -0.1) is 0 Å². The Kier molecular flexibility index (Phi) is 4.69. The second kappa shape index (κ2) is 7.04. The van der Waals surface area contributed by atoms with Crippen molar-refractivity contribution >= 4 is 23.7 Å². The van der Waals surface area contributed by atoms with E-state index in [0.29, 0.717) is 5.56 Å². The highest BCUT2D eigenvalue weighted by Gasteiger charge is 2.42. The average molecular weight is 384 g/mol. The van der Waals surface area contributed by atoms with Crippen molar-refractivity contribution in [3.05, 3.63) is 34.9 Å². The van der Waals surface area contributed by atoms with E-state index < -0.39 is 17.9 Å². The third-order valence-electron chi connectivity index (χ3n) is 6.05. The molecule has 1 aromatic rings. The van der Waals surface area contributed by atoms with Gasteiger partial charge in [0.1, 0.15) is 6.04 Å². The molecule has 3 amide bonds. The Morgan fingerprint density at radius 1 is 1.04 bits per heavy atom. The minimum absolute atomic E-state index is 0.0738. The van der Waals surface area contributed by atoms with Crippen LogP contribution in [0, 0.1) is 0 Å². The molecule has 0 bridgehead atoms. The van der Waals surface area contributed by atoms with Gasteiger partial charge < -0.3 is 10.0 Å². The van der Waals surface area contributed by atoms with Gasteiger partial charge >= 0.3 is 5.97 Å². The van der Waals surface area contributed by atoms with Crippen LogP contribution in [0.2, 0.25) is 0 Å². The van der Waals surface area contributed by atoms with Crippen LogP contribution < -0.4 is 0 Å². The quantitative estimate of drug-likeness (QED) is 0.788. The van der Waals surface area contributed by atoms with Crippen molar-refractivity contribution < 1.29 is 24.3 Å². The predicted molar refractivity (Wildman–Crippen MR) is 100 cm³/mol. The van der Waals surface area contributed by atoms with Gasteiger partial charge in [-0.3, -0.25) is 19.3 Å². The summed E-state index contributed by atoms with van der Waals surface area (Å²) < 4.78 is 0. The largest absolute Gasteiger partial charge is 0.480 e. The summed E-state index contributed by atoms with van der Waals surface area (Å²) in [6.45, 7) is 1.49. The van der Waals surface area contributed by atoms with E-state index in [0.717, 1.165) is 44.9 Å². The van der Waals surface area contributed by atoms with Crippen molar-refractivity contribution in [1.29, 1.82) is 0 Å². The van der Waals surface area contributed by atoms with E-state index in [1.807, 2.05) is 0 Å². The second-order valence-electron chi connectivity index (χ2n) is 7.99. The van der Waals surface area contributed by atoms with Crippen LogP contribution in [0.5, 0.6) is 0 Å². The van der Waals surface area contributed by atoms with Crippen LogP contribution in [0.3, 0.4) is 0 Å². The van der Waals surface area contributed by atoms with Crippen LogP contribution in [-0.2, 0) is 4.79 Å². The number of nitrogens with zero attached hydrogens (tertiary/aromatic N) is 2. The summed E-state index contributed by atoms with van der Waals surface area (Å²) in [6, 6.07) is 3.43. The molecule has 0 radical (unpaired) electrons. The molecule has 2 saturated carbocycles. The summed E-state index contributed by atoms with van der Waals surface area (Å²) in [4.78, 5) is 52.8. The maximum absolute atomic E-state index is 13.0. The fourth-order valence-electron chi connectivity index (χ4n) is 4.34. The molecule has 2 fully saturated rings. The van der Waals surface area contributed by atoms with E-state index in [2.05, 4.69) is 0 Å². The monoisotopic (exact) mass is 384 g/mol. The lowest BCUT2D eigenvalue weighted by Crippen LogP contribution is -2.44. The Bertz CT molecular complexity index is 854. The lowest BCUT2D eigenvalue weighted by molar-refractivity contribution is -0.141. The van der Waals surface area contributed by atoms with Crippen molar-refractivity contribution in [2.24, 2.45) is 0 Å². The highest BCUT2D eigenvalue weighted by molar-refractivity contribution is 6.22. The van der Waals surface area contributed by atoms with Gasteiger partial charge in [0.2, 0.25) is 0 Å². The number of carboxylic acids is 1. The van der Waals surface area contributed by atoms with Gasteiger partial charge in [0.25, 0.3) is 17.7 Å². The minimum Gasteiger partial charge on any atom is -0.480 e. The van der Waals surface area contributed by atoms with Gasteiger partial charge in [-0.1, -0.05) is 19.3 Å². The van der Waals surface area contributed by atoms with E-state index in [9.17, 15) is 24.3 Å². The Morgan fingerprint density at radius 2 is 1.68 bits per heavy atom. The number of fused-ring (bicyclic) bond motifs is 1. The van der Waals surface area contributed by atoms with Crippen LogP contribution in [-0.4, -0.2) is 56.7 Å². The van der Waals surface area contributed by atoms with E-state index in [1.54, 1.807) is 0 Å². The summed E-state index contributed by atoms with van der Waals surface area (Å²) in [5.41, 5.74) is 0.835. The molecule has 0 saturated heterocycles. The minimum atomic E-state index is -1.06. The third-order valence-corrected chi connectivity index (χ3v) is 6.05. The van der Waals surface area contributed by atoms with Crippen LogP contribution in [0.4, 0.5) is 0 Å². The van der Waals surface area contributed by atoms with Gasteiger partial charge in [-0.05, 0) is 50.8 Å². The number of rotatable bonds is 5. The fraction of sp³-hybridized carbons (Fsp3) is 0.524. The molecule has 0 spiro atoms. The van der Waals surface area contributed by atoms with Crippen molar-refractivity contribution in [3.8, 4) is 0 Å². The molecule has 148 valence electrons. The zero-order valence-electron chi connectivity index (χ0n) is 15.9. The van der Waals surface area contributed by atoms with E-state index in [4.69, 9.17) is 0 Å². The Morgan fingerprint density at radius 3 is 2.29 bits per heavy atom. The molecule has 1 heterocycles. The van der Waals surface area contributed by atoms with Crippen LogP contribution in [0.15, 0.2) is 18.2 Å². The molecular weight excluding hydrogens is 360 g/mol. The lowest BCUT2D eigenvalue weighted by atomic mass is 9.94. The fourth-order valence-corrected chi connectivity index (χ4v) is 4.34. The second-order valence-corrected chi connectivity index (χ2v) is 7.99. The number of aliphatic carboxylic acids is 1. The SMILES string of the molecule is CC(C(=O)O)N(C(=O)c1ccc2c(c1)C(=O)N(C1CCCCC1)C2=O)C1CC1. The molecule has 7 nitrogen and oxygen atoms in total. The Labute approximate surface area is 163 Å².